The predicted octanol–water partition coefficient (Wildman–Crippen LogP) is 2.97. The van der Waals surface area contributed by atoms with Crippen molar-refractivity contribution in [3.05, 3.63) is 30.1 Å². The number of likely N-dealkylation sites (tertiary alicyclic amines) is 1. The molecule has 1 fully saturated rings. The van der Waals surface area contributed by atoms with Crippen LogP contribution in [0.4, 0.5) is 10.1 Å². The minimum atomic E-state index is -0.416. The lowest BCUT2D eigenvalue weighted by molar-refractivity contribution is -0.134. The zero-order valence-corrected chi connectivity index (χ0v) is 13.2. The van der Waals surface area contributed by atoms with Crippen LogP contribution in [0.25, 0.3) is 0 Å². The van der Waals surface area contributed by atoms with Crippen LogP contribution >= 0.6 is 0 Å². The molecule has 1 atom stereocenters. The summed E-state index contributed by atoms with van der Waals surface area (Å²) in [6, 6.07) is 6.04. The lowest BCUT2D eigenvalue weighted by Crippen LogP contribution is -2.48. The highest BCUT2D eigenvalue weighted by molar-refractivity contribution is 5.97. The molecule has 0 N–H and O–H groups in total. The number of benzene rings is 1. The molecule has 4 nitrogen and oxygen atoms in total. The monoisotopic (exact) mass is 306 g/mol. The minimum Gasteiger partial charge on any atom is -0.338 e. The molecule has 1 aromatic rings. The van der Waals surface area contributed by atoms with E-state index in [9.17, 15) is 14.0 Å². The number of halogens is 1. The van der Waals surface area contributed by atoms with Gasteiger partial charge in [-0.3, -0.25) is 9.59 Å². The first kappa shape index (κ1) is 16.5. The zero-order chi connectivity index (χ0) is 16.1. The zero-order valence-electron chi connectivity index (χ0n) is 13.2. The highest BCUT2D eigenvalue weighted by atomic mass is 19.1. The quantitative estimate of drug-likeness (QED) is 0.858. The van der Waals surface area contributed by atoms with Gasteiger partial charge in [-0.2, -0.15) is 0 Å². The van der Waals surface area contributed by atoms with Crippen LogP contribution in [0.1, 0.15) is 39.5 Å². The third-order valence-corrected chi connectivity index (χ3v) is 4.21. The molecule has 22 heavy (non-hydrogen) atoms. The second kappa shape index (κ2) is 7.38. The summed E-state index contributed by atoms with van der Waals surface area (Å²) in [4.78, 5) is 27.7. The second-order valence-electron chi connectivity index (χ2n) is 5.73. The Hall–Kier alpha value is -1.91. The maximum Gasteiger partial charge on any atom is 0.242 e. The first-order chi connectivity index (χ1) is 10.5. The van der Waals surface area contributed by atoms with Gasteiger partial charge in [0.15, 0.2) is 0 Å². The van der Waals surface area contributed by atoms with E-state index in [1.165, 1.54) is 24.0 Å². The number of hydrogen-bond acceptors (Lipinski definition) is 2. The van der Waals surface area contributed by atoms with Crippen LogP contribution in [0.5, 0.6) is 0 Å². The fourth-order valence-electron chi connectivity index (χ4n) is 3.01. The van der Waals surface area contributed by atoms with Crippen molar-refractivity contribution in [2.75, 3.05) is 18.0 Å². The molecule has 2 rings (SSSR count). The van der Waals surface area contributed by atoms with Crippen molar-refractivity contribution in [1.29, 1.82) is 0 Å². The summed E-state index contributed by atoms with van der Waals surface area (Å²) in [6.07, 6.45) is 4.08. The molecule has 5 heteroatoms. The molecule has 1 aromatic carbocycles. The fourth-order valence-corrected chi connectivity index (χ4v) is 3.01. The van der Waals surface area contributed by atoms with Gasteiger partial charge in [0.25, 0.3) is 0 Å². The number of piperidine rings is 1. The Bertz CT molecular complexity index is 547. The average Bonchev–Trinajstić information content (AvgIpc) is 2.52. The lowest BCUT2D eigenvalue weighted by atomic mass is 10.00. The van der Waals surface area contributed by atoms with Crippen molar-refractivity contribution in [2.24, 2.45) is 0 Å². The van der Waals surface area contributed by atoms with E-state index in [0.717, 1.165) is 32.2 Å². The second-order valence-corrected chi connectivity index (χ2v) is 5.73. The van der Waals surface area contributed by atoms with Crippen molar-refractivity contribution in [2.45, 2.75) is 45.6 Å². The van der Waals surface area contributed by atoms with Gasteiger partial charge in [-0.25, -0.2) is 4.39 Å². The molecule has 1 aliphatic heterocycles. The van der Waals surface area contributed by atoms with E-state index in [-0.39, 0.29) is 24.4 Å². The number of hydrogen-bond donors (Lipinski definition) is 0. The van der Waals surface area contributed by atoms with Crippen molar-refractivity contribution >= 4 is 17.5 Å². The number of nitrogens with zero attached hydrogens (tertiary/aromatic N) is 2. The molecular formula is C17H23FN2O2. The maximum absolute atomic E-state index is 13.4. The van der Waals surface area contributed by atoms with Gasteiger partial charge in [-0.05, 0) is 43.9 Å². The molecule has 0 aromatic heterocycles. The van der Waals surface area contributed by atoms with E-state index in [1.807, 2.05) is 4.90 Å². The summed E-state index contributed by atoms with van der Waals surface area (Å²) < 4.78 is 13.4. The van der Waals surface area contributed by atoms with E-state index in [0.29, 0.717) is 5.69 Å². The van der Waals surface area contributed by atoms with Crippen LogP contribution in [-0.4, -0.2) is 35.8 Å². The van der Waals surface area contributed by atoms with Gasteiger partial charge >= 0.3 is 0 Å². The Morgan fingerprint density at radius 3 is 2.77 bits per heavy atom. The van der Waals surface area contributed by atoms with Crippen LogP contribution in [-0.2, 0) is 9.59 Å². The number of anilines is 1. The standard InChI is InChI=1S/C17H23FN2O2/c1-3-15-8-4-5-10-19(15)17(22)12-20(13(2)21)16-9-6-7-14(18)11-16/h6-7,9,11,15H,3-5,8,10,12H2,1-2H3. The van der Waals surface area contributed by atoms with E-state index in [1.54, 1.807) is 12.1 Å². The molecule has 2 amide bonds. The van der Waals surface area contributed by atoms with E-state index in [4.69, 9.17) is 0 Å². The molecule has 120 valence electrons. The molecular weight excluding hydrogens is 283 g/mol. The smallest absolute Gasteiger partial charge is 0.242 e. The number of rotatable bonds is 4. The molecule has 0 radical (unpaired) electrons. The summed E-state index contributed by atoms with van der Waals surface area (Å²) in [5.74, 6) is -0.740. The van der Waals surface area contributed by atoms with Crippen molar-refractivity contribution in [1.82, 2.24) is 4.90 Å². The van der Waals surface area contributed by atoms with Gasteiger partial charge < -0.3 is 9.80 Å². The van der Waals surface area contributed by atoms with Gasteiger partial charge in [0.2, 0.25) is 11.8 Å². The fraction of sp³-hybridized carbons (Fsp3) is 0.529. The van der Waals surface area contributed by atoms with Crippen molar-refractivity contribution < 1.29 is 14.0 Å². The van der Waals surface area contributed by atoms with Gasteiger partial charge in [0.05, 0.1) is 0 Å². The highest BCUT2D eigenvalue weighted by Crippen LogP contribution is 2.21. The highest BCUT2D eigenvalue weighted by Gasteiger charge is 2.27. The van der Waals surface area contributed by atoms with E-state index in [2.05, 4.69) is 6.92 Å². The summed E-state index contributed by atoms with van der Waals surface area (Å²) >= 11 is 0. The van der Waals surface area contributed by atoms with Gasteiger partial charge in [0, 0.05) is 25.2 Å². The SMILES string of the molecule is CCC1CCCCN1C(=O)CN(C(C)=O)c1cccc(F)c1. The molecule has 0 spiro atoms. The molecule has 0 saturated carbocycles. The topological polar surface area (TPSA) is 40.6 Å². The number of carbonyl (C=O) groups excluding carboxylic acids is 2. The third-order valence-electron chi connectivity index (χ3n) is 4.21. The van der Waals surface area contributed by atoms with Gasteiger partial charge in [-0.15, -0.1) is 0 Å². The number of carbonyl (C=O) groups is 2. The Morgan fingerprint density at radius 2 is 2.14 bits per heavy atom. The van der Waals surface area contributed by atoms with E-state index >= 15 is 0 Å². The normalized spacial score (nSPS) is 18.1. The molecule has 1 saturated heterocycles. The molecule has 0 aliphatic carbocycles. The first-order valence-electron chi connectivity index (χ1n) is 7.86. The van der Waals surface area contributed by atoms with Crippen LogP contribution in [0.3, 0.4) is 0 Å². The van der Waals surface area contributed by atoms with Crippen molar-refractivity contribution in [3.8, 4) is 0 Å². The van der Waals surface area contributed by atoms with Crippen LogP contribution in [0, 0.1) is 5.82 Å². The van der Waals surface area contributed by atoms with Crippen LogP contribution in [0.15, 0.2) is 24.3 Å². The van der Waals surface area contributed by atoms with Gasteiger partial charge in [-0.1, -0.05) is 13.0 Å². The lowest BCUT2D eigenvalue weighted by Gasteiger charge is -2.36. The summed E-state index contributed by atoms with van der Waals surface area (Å²) in [5, 5.41) is 0. The predicted molar refractivity (Wildman–Crippen MR) is 84.1 cm³/mol. The summed E-state index contributed by atoms with van der Waals surface area (Å²) in [5.41, 5.74) is 0.422. The third kappa shape index (κ3) is 3.84. The summed E-state index contributed by atoms with van der Waals surface area (Å²) in [6.45, 7) is 4.18. The average molecular weight is 306 g/mol. The Balaban J connectivity index is 2.13. The van der Waals surface area contributed by atoms with E-state index < -0.39 is 5.82 Å². The maximum atomic E-state index is 13.4. The molecule has 1 heterocycles. The largest absolute Gasteiger partial charge is 0.338 e. The number of amides is 2. The minimum absolute atomic E-state index is 0.0325. The summed E-state index contributed by atoms with van der Waals surface area (Å²) in [7, 11) is 0. The molecule has 0 bridgehead atoms. The molecule has 1 unspecified atom stereocenters. The first-order valence-corrected chi connectivity index (χ1v) is 7.86. The Labute approximate surface area is 130 Å². The van der Waals surface area contributed by atoms with Crippen LogP contribution in [0.2, 0.25) is 0 Å². The Morgan fingerprint density at radius 1 is 1.36 bits per heavy atom. The Kier molecular flexibility index (Phi) is 5.52. The van der Waals surface area contributed by atoms with Crippen LogP contribution < -0.4 is 4.90 Å². The van der Waals surface area contributed by atoms with Gasteiger partial charge in [0.1, 0.15) is 12.4 Å². The van der Waals surface area contributed by atoms with Crippen molar-refractivity contribution in [3.63, 3.8) is 0 Å². The molecule has 1 aliphatic rings.